The number of nitrogens with zero attached hydrogens (tertiary/aromatic N) is 1. The number of aromatic nitrogens is 1. The van der Waals surface area contributed by atoms with E-state index in [-0.39, 0.29) is 26.3 Å². The Hall–Kier alpha value is -0.500. The first-order valence-electron chi connectivity index (χ1n) is 3.76. The highest BCUT2D eigenvalue weighted by Gasteiger charge is 2.18. The molecule has 0 unspecified atom stereocenters. The second-order valence-corrected chi connectivity index (χ2v) is 4.12. The first kappa shape index (κ1) is 12.6. The summed E-state index contributed by atoms with van der Waals surface area (Å²) in [7, 11) is 0. The monoisotopic (exact) mass is 347 g/mol. The van der Waals surface area contributed by atoms with Gasteiger partial charge in [0.1, 0.15) is 0 Å². The summed E-state index contributed by atoms with van der Waals surface area (Å²) in [6, 6.07) is 0. The summed E-state index contributed by atoms with van der Waals surface area (Å²) < 4.78 is 25.0. The van der Waals surface area contributed by atoms with Crippen molar-refractivity contribution in [3.8, 4) is 0 Å². The van der Waals surface area contributed by atoms with Crippen molar-refractivity contribution in [2.45, 2.75) is 12.8 Å². The molecule has 1 rings (SSSR count). The zero-order chi connectivity index (χ0) is 11.6. The van der Waals surface area contributed by atoms with Crippen LogP contribution < -0.4 is 0 Å². The number of pyridine rings is 1. The van der Waals surface area contributed by atoms with Gasteiger partial charge in [-0.05, 0) is 22.6 Å². The third-order valence-electron chi connectivity index (χ3n) is 1.61. The molecule has 15 heavy (non-hydrogen) atoms. The summed E-state index contributed by atoms with van der Waals surface area (Å²) in [5.74, 6) is -1.08. The molecule has 1 N–H and O–H groups in total. The van der Waals surface area contributed by atoms with E-state index >= 15 is 0 Å². The Morgan fingerprint density at radius 1 is 1.67 bits per heavy atom. The third kappa shape index (κ3) is 2.97. The molecule has 7 heteroatoms. The number of hydrogen-bond acceptors (Lipinski definition) is 2. The number of alkyl halides is 2. The third-order valence-corrected chi connectivity index (χ3v) is 3.50. The molecule has 1 aromatic rings. The van der Waals surface area contributed by atoms with Gasteiger partial charge in [0.05, 0.1) is 26.3 Å². The molecule has 0 bridgehead atoms. The maximum Gasteiger partial charge on any atom is 0.309 e. The van der Waals surface area contributed by atoms with Gasteiger partial charge in [0, 0.05) is 6.20 Å². The fourth-order valence-electron chi connectivity index (χ4n) is 0.933. The minimum absolute atomic E-state index is 0.128. The Bertz CT molecular complexity index is 400. The van der Waals surface area contributed by atoms with Crippen molar-refractivity contribution >= 4 is 40.2 Å². The van der Waals surface area contributed by atoms with E-state index in [1.54, 1.807) is 22.6 Å². The second kappa shape index (κ2) is 5.02. The molecule has 0 fully saturated rings. The molecule has 1 aromatic heterocycles. The molecule has 0 aliphatic rings. The summed E-state index contributed by atoms with van der Waals surface area (Å²) in [4.78, 5) is 14.1. The largest absolute Gasteiger partial charge is 0.481 e. The molecule has 3 nitrogen and oxygen atoms in total. The SMILES string of the molecule is O=C(O)Cc1ncc(C(F)F)c(Cl)c1I. The number of halogens is 4. The van der Waals surface area contributed by atoms with E-state index < -0.39 is 12.4 Å². The highest BCUT2D eigenvalue weighted by molar-refractivity contribution is 14.1. The van der Waals surface area contributed by atoms with Crippen molar-refractivity contribution in [1.29, 1.82) is 0 Å². The van der Waals surface area contributed by atoms with Crippen LogP contribution in [0, 0.1) is 3.57 Å². The minimum atomic E-state index is -2.71. The van der Waals surface area contributed by atoms with Crippen LogP contribution in [0.1, 0.15) is 17.7 Å². The minimum Gasteiger partial charge on any atom is -0.481 e. The van der Waals surface area contributed by atoms with Crippen molar-refractivity contribution in [3.63, 3.8) is 0 Å². The molecule has 0 atom stereocenters. The number of carboxylic acid groups (broad SMARTS) is 1. The summed E-state index contributed by atoms with van der Waals surface area (Å²) >= 11 is 7.36. The number of hydrogen-bond donors (Lipinski definition) is 1. The molecule has 0 spiro atoms. The maximum absolute atomic E-state index is 12.4. The van der Waals surface area contributed by atoms with Gasteiger partial charge in [-0.2, -0.15) is 0 Å². The van der Waals surface area contributed by atoms with Crippen molar-refractivity contribution in [3.05, 3.63) is 26.0 Å². The quantitative estimate of drug-likeness (QED) is 0.856. The topological polar surface area (TPSA) is 50.2 Å². The molecule has 0 saturated carbocycles. The first-order valence-corrected chi connectivity index (χ1v) is 5.22. The number of aliphatic carboxylic acids is 1. The normalized spacial score (nSPS) is 10.7. The van der Waals surface area contributed by atoms with Crippen LogP contribution in [-0.4, -0.2) is 16.1 Å². The first-order chi connectivity index (χ1) is 6.93. The highest BCUT2D eigenvalue weighted by atomic mass is 127. The van der Waals surface area contributed by atoms with Crippen LogP contribution in [0.4, 0.5) is 8.78 Å². The molecule has 0 aliphatic heterocycles. The number of rotatable bonds is 3. The predicted molar refractivity (Wildman–Crippen MR) is 58.3 cm³/mol. The zero-order valence-electron chi connectivity index (χ0n) is 7.18. The van der Waals surface area contributed by atoms with E-state index in [9.17, 15) is 13.6 Å². The Kier molecular flexibility index (Phi) is 4.21. The van der Waals surface area contributed by atoms with Gasteiger partial charge in [-0.25, -0.2) is 8.78 Å². The van der Waals surface area contributed by atoms with Crippen LogP contribution in [0.2, 0.25) is 5.02 Å². The van der Waals surface area contributed by atoms with Crippen molar-refractivity contribution < 1.29 is 18.7 Å². The van der Waals surface area contributed by atoms with Crippen LogP contribution >= 0.6 is 34.2 Å². The van der Waals surface area contributed by atoms with E-state index in [2.05, 4.69) is 4.98 Å². The molecule has 0 radical (unpaired) electrons. The van der Waals surface area contributed by atoms with Gasteiger partial charge in [0.15, 0.2) is 0 Å². The van der Waals surface area contributed by atoms with E-state index in [0.717, 1.165) is 6.20 Å². The van der Waals surface area contributed by atoms with Crippen molar-refractivity contribution in [2.24, 2.45) is 0 Å². The highest BCUT2D eigenvalue weighted by Crippen LogP contribution is 2.31. The van der Waals surface area contributed by atoms with Gasteiger partial charge in [-0.1, -0.05) is 11.6 Å². The molecular formula is C8H5ClF2INO2. The molecule has 82 valence electrons. The Morgan fingerprint density at radius 3 is 2.73 bits per heavy atom. The summed E-state index contributed by atoms with van der Waals surface area (Å²) in [5.41, 5.74) is -0.187. The Morgan fingerprint density at radius 2 is 2.27 bits per heavy atom. The molecule has 1 heterocycles. The lowest BCUT2D eigenvalue weighted by Crippen LogP contribution is -2.06. The Labute approximate surface area is 103 Å². The maximum atomic E-state index is 12.4. The van der Waals surface area contributed by atoms with Crippen LogP contribution in [-0.2, 0) is 11.2 Å². The van der Waals surface area contributed by atoms with Crippen molar-refractivity contribution in [2.75, 3.05) is 0 Å². The molecular weight excluding hydrogens is 342 g/mol. The fraction of sp³-hybridized carbons (Fsp3) is 0.250. The van der Waals surface area contributed by atoms with Gasteiger partial charge in [-0.15, -0.1) is 0 Å². The summed E-state index contributed by atoms with van der Waals surface area (Å²) in [6.07, 6.45) is -2.13. The van der Waals surface area contributed by atoms with Gasteiger partial charge >= 0.3 is 5.97 Å². The lowest BCUT2D eigenvalue weighted by Gasteiger charge is -2.07. The summed E-state index contributed by atoms with van der Waals surface area (Å²) in [6.45, 7) is 0. The van der Waals surface area contributed by atoms with Crippen LogP contribution in [0.15, 0.2) is 6.20 Å². The molecule has 0 saturated heterocycles. The van der Waals surface area contributed by atoms with E-state index in [0.29, 0.717) is 0 Å². The number of carbonyl (C=O) groups is 1. The van der Waals surface area contributed by atoms with Crippen LogP contribution in [0.25, 0.3) is 0 Å². The zero-order valence-corrected chi connectivity index (χ0v) is 10.1. The van der Waals surface area contributed by atoms with Gasteiger partial charge in [0.2, 0.25) is 0 Å². The molecule has 0 aliphatic carbocycles. The van der Waals surface area contributed by atoms with Gasteiger partial charge < -0.3 is 5.11 Å². The summed E-state index contributed by atoms with van der Waals surface area (Å²) in [5, 5.41) is 8.40. The van der Waals surface area contributed by atoms with Crippen LogP contribution in [0.3, 0.4) is 0 Å². The van der Waals surface area contributed by atoms with Gasteiger partial charge in [0.25, 0.3) is 6.43 Å². The second-order valence-electron chi connectivity index (χ2n) is 2.66. The van der Waals surface area contributed by atoms with Crippen molar-refractivity contribution in [1.82, 2.24) is 4.98 Å². The smallest absolute Gasteiger partial charge is 0.309 e. The van der Waals surface area contributed by atoms with Crippen LogP contribution in [0.5, 0.6) is 0 Å². The predicted octanol–water partition coefficient (Wildman–Crippen LogP) is 2.90. The van der Waals surface area contributed by atoms with E-state index in [4.69, 9.17) is 16.7 Å². The average molecular weight is 347 g/mol. The fourth-order valence-corrected chi connectivity index (χ4v) is 1.81. The number of carboxylic acids is 1. The Balaban J connectivity index is 3.15. The molecule has 0 amide bonds. The standard InChI is InChI=1S/C8H5ClF2INO2/c9-6-3(8(10)11)2-13-4(7(6)12)1-5(14)15/h2,8H,1H2,(H,14,15). The van der Waals surface area contributed by atoms with E-state index in [1.165, 1.54) is 0 Å². The lowest BCUT2D eigenvalue weighted by atomic mass is 10.2. The lowest BCUT2D eigenvalue weighted by molar-refractivity contribution is -0.136. The molecule has 0 aromatic carbocycles. The average Bonchev–Trinajstić information content (AvgIpc) is 2.12. The van der Waals surface area contributed by atoms with E-state index in [1.807, 2.05) is 0 Å². The van der Waals surface area contributed by atoms with Gasteiger partial charge in [-0.3, -0.25) is 9.78 Å².